The zero-order chi connectivity index (χ0) is 14.8. The summed E-state index contributed by atoms with van der Waals surface area (Å²) in [4.78, 5) is -0.0133. The largest absolute Gasteiger partial charge is 0.252 e. The third-order valence-corrected chi connectivity index (χ3v) is 5.68. The summed E-state index contributed by atoms with van der Waals surface area (Å²) in [5.41, 5.74) is 1.07. The Morgan fingerprint density at radius 3 is 2.47 bits per heavy atom. The molecule has 19 heavy (non-hydrogen) atoms. The van der Waals surface area contributed by atoms with Crippen molar-refractivity contribution in [1.29, 1.82) is 0 Å². The van der Waals surface area contributed by atoms with Gasteiger partial charge in [0.15, 0.2) is 0 Å². The summed E-state index contributed by atoms with van der Waals surface area (Å²) in [5, 5.41) is 0. The van der Waals surface area contributed by atoms with Crippen LogP contribution >= 0.6 is 27.5 Å². The zero-order valence-corrected chi connectivity index (χ0v) is 13.5. The van der Waals surface area contributed by atoms with Crippen LogP contribution in [0, 0.1) is 6.92 Å². The molecule has 0 N–H and O–H groups in total. The molecule has 3 nitrogen and oxygen atoms in total. The van der Waals surface area contributed by atoms with Crippen molar-refractivity contribution in [3.8, 4) is 0 Å². The van der Waals surface area contributed by atoms with Gasteiger partial charge in [0.25, 0.3) is 6.43 Å². The van der Waals surface area contributed by atoms with Crippen LogP contribution in [-0.4, -0.2) is 32.7 Å². The number of alkyl halides is 3. The number of halogens is 4. The molecule has 0 aliphatic rings. The first kappa shape index (κ1) is 16.8. The molecule has 1 rings (SSSR count). The van der Waals surface area contributed by atoms with E-state index in [9.17, 15) is 17.2 Å². The van der Waals surface area contributed by atoms with Gasteiger partial charge in [0.1, 0.15) is 0 Å². The molecule has 0 bridgehead atoms. The molecule has 8 heteroatoms. The quantitative estimate of drug-likeness (QED) is 0.739. The summed E-state index contributed by atoms with van der Waals surface area (Å²) in [6.07, 6.45) is -2.72. The van der Waals surface area contributed by atoms with Gasteiger partial charge in [-0.05, 0) is 30.2 Å². The van der Waals surface area contributed by atoms with E-state index < -0.39 is 23.0 Å². The smallest absolute Gasteiger partial charge is 0.209 e. The standard InChI is InChI=1S/C11H13BrClF2NO2S/c1-7-9(12)3-8(5-13)4-10(7)19(17,18)16(2)6-11(14)15/h3-4,11H,5-6H2,1-2H3. The van der Waals surface area contributed by atoms with Gasteiger partial charge in [-0.3, -0.25) is 0 Å². The van der Waals surface area contributed by atoms with Crippen LogP contribution < -0.4 is 0 Å². The predicted molar refractivity (Wildman–Crippen MR) is 74.3 cm³/mol. The summed E-state index contributed by atoms with van der Waals surface area (Å²) >= 11 is 8.93. The Morgan fingerprint density at radius 1 is 1.42 bits per heavy atom. The molecule has 0 aliphatic heterocycles. The van der Waals surface area contributed by atoms with Crippen molar-refractivity contribution in [2.24, 2.45) is 0 Å². The Kier molecular flexibility index (Phi) is 5.73. The minimum Gasteiger partial charge on any atom is -0.209 e. The van der Waals surface area contributed by atoms with Crippen molar-refractivity contribution in [2.75, 3.05) is 13.6 Å². The lowest BCUT2D eigenvalue weighted by molar-refractivity contribution is 0.126. The van der Waals surface area contributed by atoms with Gasteiger partial charge in [0.2, 0.25) is 10.0 Å². The van der Waals surface area contributed by atoms with Gasteiger partial charge in [-0.25, -0.2) is 17.2 Å². The lowest BCUT2D eigenvalue weighted by atomic mass is 10.2. The lowest BCUT2D eigenvalue weighted by Crippen LogP contribution is -2.32. The van der Waals surface area contributed by atoms with Gasteiger partial charge in [-0.2, -0.15) is 4.31 Å². The average molecular weight is 377 g/mol. The number of benzene rings is 1. The highest BCUT2D eigenvalue weighted by atomic mass is 79.9. The van der Waals surface area contributed by atoms with E-state index in [-0.39, 0.29) is 10.8 Å². The maximum atomic E-state index is 12.3. The fourth-order valence-corrected chi connectivity index (χ4v) is 3.75. The number of sulfonamides is 1. The van der Waals surface area contributed by atoms with Gasteiger partial charge in [0.05, 0.1) is 11.4 Å². The molecule has 0 amide bonds. The first-order chi connectivity index (χ1) is 8.70. The van der Waals surface area contributed by atoms with E-state index in [1.165, 1.54) is 6.07 Å². The number of hydrogen-bond acceptors (Lipinski definition) is 2. The molecule has 0 atom stereocenters. The maximum Gasteiger partial charge on any atom is 0.252 e. The topological polar surface area (TPSA) is 37.4 Å². The van der Waals surface area contributed by atoms with E-state index in [0.717, 1.165) is 7.05 Å². The van der Waals surface area contributed by atoms with Gasteiger partial charge < -0.3 is 0 Å². The second-order valence-corrected chi connectivity index (χ2v) is 7.15. The number of nitrogens with zero attached hydrogens (tertiary/aromatic N) is 1. The molecule has 1 aromatic carbocycles. The van der Waals surface area contributed by atoms with E-state index in [1.54, 1.807) is 13.0 Å². The van der Waals surface area contributed by atoms with Crippen molar-refractivity contribution in [3.05, 3.63) is 27.7 Å². The summed E-state index contributed by atoms with van der Waals surface area (Å²) in [7, 11) is -2.83. The molecule has 0 fully saturated rings. The van der Waals surface area contributed by atoms with Crippen LogP contribution in [-0.2, 0) is 15.9 Å². The van der Waals surface area contributed by atoms with Gasteiger partial charge in [0, 0.05) is 17.4 Å². The SMILES string of the molecule is Cc1c(Br)cc(CCl)cc1S(=O)(=O)N(C)CC(F)F. The van der Waals surface area contributed by atoms with Crippen LogP contribution in [0.25, 0.3) is 0 Å². The molecule has 0 aromatic heterocycles. The molecule has 0 saturated carbocycles. The first-order valence-corrected chi connectivity index (χ1v) is 8.06. The van der Waals surface area contributed by atoms with Crippen molar-refractivity contribution >= 4 is 37.6 Å². The van der Waals surface area contributed by atoms with Crippen LogP contribution in [0.4, 0.5) is 8.78 Å². The average Bonchev–Trinajstić information content (AvgIpc) is 2.31. The Hall–Kier alpha value is -0.240. The van der Waals surface area contributed by atoms with Gasteiger partial charge in [-0.1, -0.05) is 15.9 Å². The van der Waals surface area contributed by atoms with E-state index in [2.05, 4.69) is 15.9 Å². The van der Waals surface area contributed by atoms with Gasteiger partial charge >= 0.3 is 0 Å². The molecule has 0 unspecified atom stereocenters. The van der Waals surface area contributed by atoms with Crippen molar-refractivity contribution in [1.82, 2.24) is 4.31 Å². The van der Waals surface area contributed by atoms with E-state index >= 15 is 0 Å². The summed E-state index contributed by atoms with van der Waals surface area (Å²) in [6.45, 7) is 0.760. The molecule has 0 heterocycles. The Morgan fingerprint density at radius 2 is 2.00 bits per heavy atom. The second kappa shape index (κ2) is 6.47. The van der Waals surface area contributed by atoms with Gasteiger partial charge in [-0.15, -0.1) is 11.6 Å². The van der Waals surface area contributed by atoms with E-state index in [4.69, 9.17) is 11.6 Å². The van der Waals surface area contributed by atoms with Crippen molar-refractivity contribution < 1.29 is 17.2 Å². The molecule has 0 spiro atoms. The summed E-state index contributed by atoms with van der Waals surface area (Å²) in [5.74, 6) is 0.139. The Labute approximate surface area is 124 Å². The van der Waals surface area contributed by atoms with E-state index in [0.29, 0.717) is 19.9 Å². The van der Waals surface area contributed by atoms with Crippen molar-refractivity contribution in [2.45, 2.75) is 24.1 Å². The second-order valence-electron chi connectivity index (χ2n) is 4.01. The first-order valence-electron chi connectivity index (χ1n) is 5.29. The zero-order valence-electron chi connectivity index (χ0n) is 10.3. The number of rotatable bonds is 5. The normalized spacial score (nSPS) is 12.4. The lowest BCUT2D eigenvalue weighted by Gasteiger charge is -2.19. The number of hydrogen-bond donors (Lipinski definition) is 0. The molecule has 1 aromatic rings. The third-order valence-electron chi connectivity index (χ3n) is 2.59. The fourth-order valence-electron chi connectivity index (χ4n) is 1.51. The highest BCUT2D eigenvalue weighted by Gasteiger charge is 2.26. The molecule has 0 radical (unpaired) electrons. The molecule has 0 saturated heterocycles. The monoisotopic (exact) mass is 375 g/mol. The molecular weight excluding hydrogens is 364 g/mol. The Balaban J connectivity index is 3.32. The fraction of sp³-hybridized carbons (Fsp3) is 0.455. The highest BCUT2D eigenvalue weighted by Crippen LogP contribution is 2.28. The van der Waals surface area contributed by atoms with Crippen LogP contribution in [0.1, 0.15) is 11.1 Å². The van der Waals surface area contributed by atoms with Crippen LogP contribution in [0.15, 0.2) is 21.5 Å². The van der Waals surface area contributed by atoms with Crippen molar-refractivity contribution in [3.63, 3.8) is 0 Å². The van der Waals surface area contributed by atoms with E-state index in [1.807, 2.05) is 0 Å². The predicted octanol–water partition coefficient (Wildman–Crippen LogP) is 3.38. The highest BCUT2D eigenvalue weighted by molar-refractivity contribution is 9.10. The van der Waals surface area contributed by atoms with Crippen LogP contribution in [0.5, 0.6) is 0 Å². The third kappa shape index (κ3) is 3.87. The minimum absolute atomic E-state index is 0.0133. The molecular formula is C11H13BrClF2NO2S. The summed E-state index contributed by atoms with van der Waals surface area (Å²) in [6, 6.07) is 3.11. The van der Waals surface area contributed by atoms with Crippen LogP contribution in [0.3, 0.4) is 0 Å². The maximum absolute atomic E-state index is 12.3. The van der Waals surface area contributed by atoms with Crippen LogP contribution in [0.2, 0.25) is 0 Å². The Bertz CT molecular complexity index is 566. The molecule has 108 valence electrons. The molecule has 0 aliphatic carbocycles. The summed E-state index contributed by atoms with van der Waals surface area (Å²) < 4.78 is 50.3. The minimum atomic E-state index is -3.96.